The van der Waals surface area contributed by atoms with Crippen molar-refractivity contribution in [3.05, 3.63) is 11.5 Å². The van der Waals surface area contributed by atoms with E-state index in [4.69, 9.17) is 0 Å². The molecule has 7 heavy (non-hydrogen) atoms. The van der Waals surface area contributed by atoms with Gasteiger partial charge in [0.15, 0.2) is 0 Å². The molecule has 0 rings (SSSR count). The minimum atomic E-state index is 1.18. The van der Waals surface area contributed by atoms with Crippen LogP contribution in [0, 0.1) is 0 Å². The maximum atomic E-state index is 2.26. The maximum Gasteiger partial charge on any atom is 0.133 e. The molecule has 0 amide bonds. The van der Waals surface area contributed by atoms with Gasteiger partial charge in [-0.05, 0) is 12.8 Å². The van der Waals surface area contributed by atoms with Gasteiger partial charge >= 0.3 is 0 Å². The predicted molar refractivity (Wildman–Crippen MR) is 37.2 cm³/mol. The number of rotatable bonds is 2. The van der Waals surface area contributed by atoms with E-state index in [1.165, 1.54) is 18.3 Å². The molecule has 0 unspecified atom stereocenters. The molecule has 0 spiro atoms. The fourth-order valence-corrected chi connectivity index (χ4v) is 0.493. The van der Waals surface area contributed by atoms with Crippen LogP contribution in [0.25, 0.3) is 0 Å². The van der Waals surface area contributed by atoms with Gasteiger partial charge in [0.25, 0.3) is 0 Å². The molecule has 0 bridgehead atoms. The van der Waals surface area contributed by atoms with Crippen LogP contribution in [-0.4, -0.2) is 7.85 Å². The van der Waals surface area contributed by atoms with Gasteiger partial charge in [0.1, 0.15) is 7.85 Å². The van der Waals surface area contributed by atoms with E-state index in [2.05, 4.69) is 27.8 Å². The van der Waals surface area contributed by atoms with E-state index in [1.54, 1.807) is 0 Å². The summed E-state index contributed by atoms with van der Waals surface area (Å²) in [5.41, 5.74) is 1.50. The molecule has 1 heteroatoms. The third kappa shape index (κ3) is 3.64. The standard InChI is InChI=1S/C6H13B/c1-3-5-6(7)4-2/h5H,3-4,7H2,1-2H3/b6-5+. The lowest BCUT2D eigenvalue weighted by atomic mass is 9.92. The molecule has 0 aromatic carbocycles. The van der Waals surface area contributed by atoms with Crippen LogP contribution in [0.15, 0.2) is 11.5 Å². The van der Waals surface area contributed by atoms with Crippen molar-refractivity contribution in [3.63, 3.8) is 0 Å². The van der Waals surface area contributed by atoms with Gasteiger partial charge < -0.3 is 0 Å². The molecule has 0 nitrogen and oxygen atoms in total. The molecule has 0 N–H and O–H groups in total. The first-order valence-electron chi connectivity index (χ1n) is 2.96. The molecule has 0 aliphatic rings. The summed E-state index contributed by atoms with van der Waals surface area (Å²) in [6, 6.07) is 0. The molecule has 0 heterocycles. The second-order valence-electron chi connectivity index (χ2n) is 1.81. The van der Waals surface area contributed by atoms with E-state index in [0.717, 1.165) is 0 Å². The summed E-state index contributed by atoms with van der Waals surface area (Å²) >= 11 is 0. The summed E-state index contributed by atoms with van der Waals surface area (Å²) in [5, 5.41) is 0. The van der Waals surface area contributed by atoms with Crippen LogP contribution in [0.1, 0.15) is 26.7 Å². The third-order valence-corrected chi connectivity index (χ3v) is 1.11. The monoisotopic (exact) mass is 96.1 g/mol. The predicted octanol–water partition coefficient (Wildman–Crippen LogP) is 1.32. The van der Waals surface area contributed by atoms with Crippen molar-refractivity contribution in [1.29, 1.82) is 0 Å². The molecule has 0 radical (unpaired) electrons. The highest BCUT2D eigenvalue weighted by molar-refractivity contribution is 6.21. The first-order chi connectivity index (χ1) is 3.31. The van der Waals surface area contributed by atoms with Gasteiger partial charge in [-0.25, -0.2) is 0 Å². The van der Waals surface area contributed by atoms with E-state index in [1.807, 2.05) is 0 Å². The number of hydrogen-bond acceptors (Lipinski definition) is 0. The fourth-order valence-electron chi connectivity index (χ4n) is 0.493. The highest BCUT2D eigenvalue weighted by Crippen LogP contribution is 1.93. The van der Waals surface area contributed by atoms with Gasteiger partial charge in [0.2, 0.25) is 0 Å². The summed E-state index contributed by atoms with van der Waals surface area (Å²) in [7, 11) is 2.17. The second-order valence-corrected chi connectivity index (χ2v) is 1.81. The topological polar surface area (TPSA) is 0 Å². The highest BCUT2D eigenvalue weighted by atomic mass is 13.8. The minimum Gasteiger partial charge on any atom is -0.114 e. The minimum absolute atomic E-state index is 1.18. The van der Waals surface area contributed by atoms with Crippen molar-refractivity contribution < 1.29 is 0 Å². The number of hydrogen-bond donors (Lipinski definition) is 0. The molecular weight excluding hydrogens is 82.9 g/mol. The Morgan fingerprint density at radius 1 is 1.57 bits per heavy atom. The summed E-state index contributed by atoms with van der Waals surface area (Å²) < 4.78 is 0. The molecule has 0 aromatic heterocycles. The fraction of sp³-hybridized carbons (Fsp3) is 0.667. The molecule has 0 aromatic rings. The van der Waals surface area contributed by atoms with Crippen LogP contribution in [0.4, 0.5) is 0 Å². The normalized spacial score (nSPS) is 12.0. The Morgan fingerprint density at radius 2 is 2.14 bits per heavy atom. The molecule has 0 saturated heterocycles. The lowest BCUT2D eigenvalue weighted by Crippen LogP contribution is -1.74. The molecule has 0 atom stereocenters. The van der Waals surface area contributed by atoms with Crippen LogP contribution in [0.3, 0.4) is 0 Å². The zero-order valence-electron chi connectivity index (χ0n) is 5.49. The summed E-state index contributed by atoms with van der Waals surface area (Å²) in [6.45, 7) is 4.35. The Morgan fingerprint density at radius 3 is 2.29 bits per heavy atom. The first kappa shape index (κ1) is 6.80. The van der Waals surface area contributed by atoms with Crippen LogP contribution >= 0.6 is 0 Å². The van der Waals surface area contributed by atoms with E-state index in [9.17, 15) is 0 Å². The lowest BCUT2D eigenvalue weighted by Gasteiger charge is -1.88. The highest BCUT2D eigenvalue weighted by Gasteiger charge is 1.77. The Kier molecular flexibility index (Phi) is 3.87. The van der Waals surface area contributed by atoms with E-state index in [0.29, 0.717) is 0 Å². The van der Waals surface area contributed by atoms with E-state index in [-0.39, 0.29) is 0 Å². The van der Waals surface area contributed by atoms with Crippen LogP contribution in [0.2, 0.25) is 0 Å². The smallest absolute Gasteiger partial charge is 0.114 e. The van der Waals surface area contributed by atoms with Crippen molar-refractivity contribution in [2.24, 2.45) is 0 Å². The molecule has 0 saturated carbocycles. The van der Waals surface area contributed by atoms with Gasteiger partial charge in [-0.2, -0.15) is 0 Å². The van der Waals surface area contributed by atoms with Crippen molar-refractivity contribution >= 4 is 7.85 Å². The Labute approximate surface area is 47.0 Å². The Hall–Kier alpha value is -0.195. The van der Waals surface area contributed by atoms with Crippen LogP contribution in [-0.2, 0) is 0 Å². The molecule has 40 valence electrons. The van der Waals surface area contributed by atoms with Gasteiger partial charge in [-0.15, -0.1) is 5.47 Å². The van der Waals surface area contributed by atoms with Crippen LogP contribution < -0.4 is 0 Å². The molecular formula is C6H13B. The second kappa shape index (κ2) is 3.98. The average Bonchev–Trinajstić information content (AvgIpc) is 1.68. The van der Waals surface area contributed by atoms with Gasteiger partial charge in [0.05, 0.1) is 0 Å². The average molecular weight is 96.0 g/mol. The Bertz CT molecular complexity index is 64.6. The van der Waals surface area contributed by atoms with Crippen molar-refractivity contribution in [3.8, 4) is 0 Å². The van der Waals surface area contributed by atoms with Gasteiger partial charge in [-0.3, -0.25) is 0 Å². The van der Waals surface area contributed by atoms with Crippen molar-refractivity contribution in [2.45, 2.75) is 26.7 Å². The summed E-state index contributed by atoms with van der Waals surface area (Å²) in [5.74, 6) is 0. The quantitative estimate of drug-likeness (QED) is 0.455. The Balaban J connectivity index is 3.29. The van der Waals surface area contributed by atoms with Crippen molar-refractivity contribution in [2.75, 3.05) is 0 Å². The van der Waals surface area contributed by atoms with Crippen molar-refractivity contribution in [1.82, 2.24) is 0 Å². The van der Waals surface area contributed by atoms with E-state index < -0.39 is 0 Å². The SMILES string of the molecule is B/C(=C/CC)CC. The maximum absolute atomic E-state index is 2.26. The summed E-state index contributed by atoms with van der Waals surface area (Å²) in [6.07, 6.45) is 4.65. The summed E-state index contributed by atoms with van der Waals surface area (Å²) in [4.78, 5) is 0. The largest absolute Gasteiger partial charge is 0.133 e. The van der Waals surface area contributed by atoms with E-state index >= 15 is 0 Å². The zero-order chi connectivity index (χ0) is 5.70. The third-order valence-electron chi connectivity index (χ3n) is 1.11. The van der Waals surface area contributed by atoms with Gasteiger partial charge in [-0.1, -0.05) is 19.9 Å². The number of allylic oxidation sites excluding steroid dienone is 2. The molecule has 0 aliphatic heterocycles. The first-order valence-corrected chi connectivity index (χ1v) is 2.96. The molecule has 0 aliphatic carbocycles. The van der Waals surface area contributed by atoms with Crippen LogP contribution in [0.5, 0.6) is 0 Å². The van der Waals surface area contributed by atoms with Gasteiger partial charge in [0, 0.05) is 0 Å². The molecule has 0 fully saturated rings. The zero-order valence-corrected chi connectivity index (χ0v) is 5.49. The lowest BCUT2D eigenvalue weighted by molar-refractivity contribution is 1.13.